The summed E-state index contributed by atoms with van der Waals surface area (Å²) in [6.07, 6.45) is -1.35. The fourth-order valence-electron chi connectivity index (χ4n) is 5.14. The summed E-state index contributed by atoms with van der Waals surface area (Å²) in [5, 5.41) is 15.0. The predicted octanol–water partition coefficient (Wildman–Crippen LogP) is 5.50. The third-order valence-corrected chi connectivity index (χ3v) is 7.16. The normalized spacial score (nSPS) is 14.7. The smallest absolute Gasteiger partial charge is 0.407 e. The van der Waals surface area contributed by atoms with Crippen molar-refractivity contribution in [1.29, 1.82) is 0 Å². The Morgan fingerprint density at radius 1 is 0.854 bits per heavy atom. The summed E-state index contributed by atoms with van der Waals surface area (Å²) >= 11 is 0. The van der Waals surface area contributed by atoms with E-state index in [0.717, 1.165) is 27.8 Å². The number of ether oxygens (including phenoxy) is 2. The summed E-state index contributed by atoms with van der Waals surface area (Å²) in [5.74, 6) is -1.95. The van der Waals surface area contributed by atoms with Crippen LogP contribution >= 0.6 is 0 Å². The van der Waals surface area contributed by atoms with Gasteiger partial charge in [0.15, 0.2) is 0 Å². The van der Waals surface area contributed by atoms with Gasteiger partial charge in [0.25, 0.3) is 0 Å². The first kappa shape index (κ1) is 29.8. The van der Waals surface area contributed by atoms with Crippen LogP contribution in [0.15, 0.2) is 78.9 Å². The maximum absolute atomic E-state index is 13.4. The fraction of sp³-hybridized carbons (Fsp3) is 0.364. The molecule has 3 atom stereocenters. The van der Waals surface area contributed by atoms with Crippen LogP contribution < -0.4 is 10.6 Å². The highest BCUT2D eigenvalue weighted by Gasteiger charge is 2.34. The van der Waals surface area contributed by atoms with E-state index >= 15 is 0 Å². The lowest BCUT2D eigenvalue weighted by molar-refractivity contribution is -0.143. The summed E-state index contributed by atoms with van der Waals surface area (Å²) < 4.78 is 11.6. The molecule has 3 aromatic carbocycles. The second-order valence-corrected chi connectivity index (χ2v) is 11.6. The Bertz CT molecular complexity index is 1320. The molecule has 4 rings (SSSR count). The molecule has 8 nitrogen and oxygen atoms in total. The molecule has 3 aromatic rings. The van der Waals surface area contributed by atoms with Crippen molar-refractivity contribution >= 4 is 18.0 Å². The van der Waals surface area contributed by atoms with E-state index < -0.39 is 36.2 Å². The number of rotatable bonds is 11. The number of carbonyl (C=O) groups excluding carboxylic acids is 2. The SMILES string of the molecule is C[C@H](OCc1ccccc1)[C@@H](NC(=O)OCC1c2ccccc2-c2ccccc21)C(=O)NC(CC(C)(C)C)C(=O)O. The quantitative estimate of drug-likeness (QED) is 0.286. The highest BCUT2D eigenvalue weighted by Crippen LogP contribution is 2.44. The zero-order valence-corrected chi connectivity index (χ0v) is 23.9. The van der Waals surface area contributed by atoms with Crippen LogP contribution in [0.1, 0.15) is 56.7 Å². The van der Waals surface area contributed by atoms with E-state index in [1.54, 1.807) is 6.92 Å². The number of carboxylic acids is 1. The van der Waals surface area contributed by atoms with E-state index in [4.69, 9.17) is 9.47 Å². The molecular weight excluding hydrogens is 520 g/mol. The highest BCUT2D eigenvalue weighted by molar-refractivity contribution is 5.89. The van der Waals surface area contributed by atoms with E-state index in [1.807, 2.05) is 87.5 Å². The first-order valence-electron chi connectivity index (χ1n) is 13.8. The molecule has 3 N–H and O–H groups in total. The van der Waals surface area contributed by atoms with Crippen LogP contribution in [0.25, 0.3) is 11.1 Å². The molecule has 0 saturated heterocycles. The summed E-state index contributed by atoms with van der Waals surface area (Å²) in [6.45, 7) is 7.64. The maximum Gasteiger partial charge on any atom is 0.407 e. The fourth-order valence-corrected chi connectivity index (χ4v) is 5.14. The molecule has 1 aliphatic rings. The van der Waals surface area contributed by atoms with E-state index in [9.17, 15) is 19.5 Å². The van der Waals surface area contributed by atoms with Crippen LogP contribution in [0.4, 0.5) is 4.79 Å². The molecule has 0 aromatic heterocycles. The highest BCUT2D eigenvalue weighted by atomic mass is 16.5. The summed E-state index contributed by atoms with van der Waals surface area (Å²) in [4.78, 5) is 38.4. The molecule has 0 heterocycles. The lowest BCUT2D eigenvalue weighted by atomic mass is 9.88. The van der Waals surface area contributed by atoms with Gasteiger partial charge in [-0.05, 0) is 46.6 Å². The van der Waals surface area contributed by atoms with E-state index in [1.165, 1.54) is 0 Å². The van der Waals surface area contributed by atoms with Gasteiger partial charge in [-0.2, -0.15) is 0 Å². The van der Waals surface area contributed by atoms with Crippen LogP contribution in [0.5, 0.6) is 0 Å². The molecule has 2 amide bonds. The van der Waals surface area contributed by atoms with Gasteiger partial charge >= 0.3 is 12.1 Å². The molecule has 0 spiro atoms. The van der Waals surface area contributed by atoms with Crippen LogP contribution in [-0.2, 0) is 25.7 Å². The lowest BCUT2D eigenvalue weighted by Gasteiger charge is -2.28. The largest absolute Gasteiger partial charge is 0.480 e. The van der Waals surface area contributed by atoms with Gasteiger partial charge in [0.05, 0.1) is 12.7 Å². The summed E-state index contributed by atoms with van der Waals surface area (Å²) in [6, 6.07) is 23.2. The number of benzene rings is 3. The maximum atomic E-state index is 13.4. The summed E-state index contributed by atoms with van der Waals surface area (Å²) in [7, 11) is 0. The van der Waals surface area contributed by atoms with Gasteiger partial charge in [0.1, 0.15) is 18.7 Å². The van der Waals surface area contributed by atoms with Crippen molar-refractivity contribution in [2.75, 3.05) is 6.61 Å². The van der Waals surface area contributed by atoms with Crippen molar-refractivity contribution in [3.8, 4) is 11.1 Å². The Balaban J connectivity index is 1.47. The van der Waals surface area contributed by atoms with Gasteiger partial charge in [-0.1, -0.05) is 99.6 Å². The van der Waals surface area contributed by atoms with Gasteiger partial charge < -0.3 is 25.2 Å². The third-order valence-electron chi connectivity index (χ3n) is 7.16. The third kappa shape index (κ3) is 7.73. The minimum Gasteiger partial charge on any atom is -0.480 e. The number of alkyl carbamates (subject to hydrolysis) is 1. The molecule has 0 bridgehead atoms. The Kier molecular flexibility index (Phi) is 9.45. The molecule has 1 aliphatic carbocycles. The number of amides is 2. The topological polar surface area (TPSA) is 114 Å². The lowest BCUT2D eigenvalue weighted by Crippen LogP contribution is -2.56. The molecule has 8 heteroatoms. The minimum absolute atomic E-state index is 0.0786. The number of carbonyl (C=O) groups is 3. The number of hydrogen-bond acceptors (Lipinski definition) is 5. The molecular formula is C33H38N2O6. The van der Waals surface area contributed by atoms with E-state index in [0.29, 0.717) is 0 Å². The molecule has 216 valence electrons. The average molecular weight is 559 g/mol. The van der Waals surface area contributed by atoms with Crippen LogP contribution in [-0.4, -0.2) is 47.9 Å². The molecule has 0 saturated carbocycles. The van der Waals surface area contributed by atoms with Gasteiger partial charge in [-0.3, -0.25) is 4.79 Å². The Morgan fingerprint density at radius 2 is 1.41 bits per heavy atom. The van der Waals surface area contributed by atoms with Crippen LogP contribution in [0, 0.1) is 5.41 Å². The number of fused-ring (bicyclic) bond motifs is 3. The summed E-state index contributed by atoms with van der Waals surface area (Å²) in [5.41, 5.74) is 4.91. The molecule has 1 unspecified atom stereocenters. The van der Waals surface area contributed by atoms with E-state index in [2.05, 4.69) is 22.8 Å². The van der Waals surface area contributed by atoms with Gasteiger partial charge in [0.2, 0.25) is 5.91 Å². The van der Waals surface area contributed by atoms with Crippen LogP contribution in [0.2, 0.25) is 0 Å². The second kappa shape index (κ2) is 13.0. The first-order valence-corrected chi connectivity index (χ1v) is 13.8. The van der Waals surface area contributed by atoms with Gasteiger partial charge in [-0.25, -0.2) is 9.59 Å². The number of aliphatic carboxylic acids is 1. The van der Waals surface area contributed by atoms with Crippen molar-refractivity contribution in [2.24, 2.45) is 5.41 Å². The minimum atomic E-state index is -1.18. The zero-order valence-electron chi connectivity index (χ0n) is 23.9. The monoisotopic (exact) mass is 558 g/mol. The number of hydrogen-bond donors (Lipinski definition) is 3. The second-order valence-electron chi connectivity index (χ2n) is 11.6. The van der Waals surface area contributed by atoms with Crippen molar-refractivity contribution in [2.45, 2.75) is 64.8 Å². The number of nitrogens with one attached hydrogen (secondary N) is 2. The molecule has 0 fully saturated rings. The average Bonchev–Trinajstić information content (AvgIpc) is 3.26. The van der Waals surface area contributed by atoms with E-state index in [-0.39, 0.29) is 31.0 Å². The first-order chi connectivity index (χ1) is 19.5. The van der Waals surface area contributed by atoms with Crippen molar-refractivity contribution < 1.29 is 29.0 Å². The van der Waals surface area contributed by atoms with Gasteiger partial charge in [0, 0.05) is 5.92 Å². The van der Waals surface area contributed by atoms with Gasteiger partial charge in [-0.15, -0.1) is 0 Å². The predicted molar refractivity (Wildman–Crippen MR) is 156 cm³/mol. The Hall–Kier alpha value is -4.17. The van der Waals surface area contributed by atoms with Crippen molar-refractivity contribution in [3.63, 3.8) is 0 Å². The number of carboxylic acid groups (broad SMARTS) is 1. The molecule has 0 aliphatic heterocycles. The zero-order chi connectivity index (χ0) is 29.6. The Morgan fingerprint density at radius 3 is 1.98 bits per heavy atom. The van der Waals surface area contributed by atoms with Crippen LogP contribution in [0.3, 0.4) is 0 Å². The van der Waals surface area contributed by atoms with Crippen molar-refractivity contribution in [1.82, 2.24) is 10.6 Å². The molecule has 41 heavy (non-hydrogen) atoms. The van der Waals surface area contributed by atoms with Crippen molar-refractivity contribution in [3.05, 3.63) is 95.6 Å². The molecule has 0 radical (unpaired) electrons. The Labute approximate surface area is 241 Å². The standard InChI is InChI=1S/C33H38N2O6/c1-21(40-19-22-12-6-5-7-13-22)29(30(36)34-28(31(37)38)18-33(2,3)4)35-32(39)41-20-27-25-16-10-8-14-23(25)24-15-9-11-17-26(24)27/h5-17,21,27-29H,18-20H2,1-4H3,(H,34,36)(H,35,39)(H,37,38)/t21-,28?,29+/m0/s1.